The number of benzene rings is 1. The van der Waals surface area contributed by atoms with Crippen molar-refractivity contribution in [1.29, 1.82) is 0 Å². The number of esters is 1. The van der Waals surface area contributed by atoms with Crippen molar-refractivity contribution < 1.29 is 9.53 Å². The van der Waals surface area contributed by atoms with E-state index in [-0.39, 0.29) is 5.69 Å². The Morgan fingerprint density at radius 3 is 2.88 bits per heavy atom. The number of carbonyl (C=O) groups excluding carboxylic acids is 1. The number of fused-ring (bicyclic) bond motifs is 1. The average molecular weight is 301 g/mol. The summed E-state index contributed by atoms with van der Waals surface area (Å²) < 4.78 is 5.19. The van der Waals surface area contributed by atoms with Crippen LogP contribution in [0.5, 0.6) is 0 Å². The summed E-state index contributed by atoms with van der Waals surface area (Å²) in [6.07, 6.45) is 0. The second kappa shape index (κ2) is 4.39. The zero-order valence-electron chi connectivity index (χ0n) is 8.33. The Kier molecular flexibility index (Phi) is 3.12. The summed E-state index contributed by atoms with van der Waals surface area (Å²) in [5.41, 5.74) is 0.268. The maximum atomic E-state index is 11.3. The molecule has 0 aliphatic carbocycles. The molecule has 1 aromatic carbocycles. The first-order valence-corrected chi connectivity index (χ1v) is 5.63. The van der Waals surface area contributed by atoms with Crippen molar-refractivity contribution in [2.24, 2.45) is 0 Å². The van der Waals surface area contributed by atoms with E-state index < -0.39 is 5.97 Å². The summed E-state index contributed by atoms with van der Waals surface area (Å²) in [5, 5.41) is 2.37. The third-order valence-corrected chi connectivity index (χ3v) is 2.98. The van der Waals surface area contributed by atoms with Crippen LogP contribution < -0.4 is 0 Å². The molecule has 0 unspecified atom stereocenters. The molecule has 16 heavy (non-hydrogen) atoms. The van der Waals surface area contributed by atoms with E-state index in [1.807, 2.05) is 6.07 Å². The first-order chi connectivity index (χ1) is 7.61. The highest BCUT2D eigenvalue weighted by Gasteiger charge is 2.11. The lowest BCUT2D eigenvalue weighted by Gasteiger charge is -2.04. The maximum Gasteiger partial charge on any atom is 0.356 e. The Hall–Kier alpha value is -1.13. The summed E-state index contributed by atoms with van der Waals surface area (Å²) in [7, 11) is 1.32. The molecule has 1 heterocycles. The van der Waals surface area contributed by atoms with Gasteiger partial charge in [-0.2, -0.15) is 0 Å². The van der Waals surface area contributed by atoms with Crippen LogP contribution in [0.25, 0.3) is 10.8 Å². The third-order valence-electron chi connectivity index (χ3n) is 2.14. The highest BCUT2D eigenvalue weighted by atomic mass is 79.9. The predicted molar refractivity (Wildman–Crippen MR) is 65.8 cm³/mol. The Morgan fingerprint density at radius 2 is 2.19 bits per heavy atom. The first-order valence-electron chi connectivity index (χ1n) is 4.46. The number of aromatic nitrogens is 1. The fraction of sp³-hybridized carbons (Fsp3) is 0.0909. The Morgan fingerprint density at radius 1 is 1.44 bits per heavy atom. The van der Waals surface area contributed by atoms with Crippen LogP contribution in [-0.4, -0.2) is 18.1 Å². The molecule has 0 bridgehead atoms. The van der Waals surface area contributed by atoms with Gasteiger partial charge in [0.15, 0.2) is 0 Å². The smallest absolute Gasteiger partial charge is 0.356 e. The molecule has 0 saturated heterocycles. The minimum absolute atomic E-state index is 0.268. The fourth-order valence-electron chi connectivity index (χ4n) is 1.39. The summed E-state index contributed by atoms with van der Waals surface area (Å²) in [4.78, 5) is 15.4. The van der Waals surface area contributed by atoms with Gasteiger partial charge in [-0.05, 0) is 39.5 Å². The highest BCUT2D eigenvalue weighted by molar-refractivity contribution is 9.10. The molecule has 0 saturated carbocycles. The lowest BCUT2D eigenvalue weighted by Crippen LogP contribution is -2.04. The molecular weight excluding hydrogens is 293 g/mol. The van der Waals surface area contributed by atoms with Crippen LogP contribution in [0.1, 0.15) is 10.5 Å². The minimum atomic E-state index is -0.461. The third kappa shape index (κ3) is 2.03. The standard InChI is InChI=1S/C11H7BrClNO2/c1-16-11(15)9-4-6-2-3-7(13)5-8(6)10(12)14-9/h2-5H,1H3. The Balaban J connectivity index is 2.68. The molecule has 0 N–H and O–H groups in total. The second-order valence-electron chi connectivity index (χ2n) is 3.16. The molecule has 0 fully saturated rings. The average Bonchev–Trinajstić information content (AvgIpc) is 2.28. The monoisotopic (exact) mass is 299 g/mol. The number of rotatable bonds is 1. The normalized spacial score (nSPS) is 10.4. The van der Waals surface area contributed by atoms with Gasteiger partial charge in [-0.25, -0.2) is 9.78 Å². The molecule has 1 aromatic heterocycles. The molecular formula is C11H7BrClNO2. The zero-order chi connectivity index (χ0) is 11.7. The van der Waals surface area contributed by atoms with Crippen LogP contribution in [0.4, 0.5) is 0 Å². The number of carbonyl (C=O) groups is 1. The lowest BCUT2D eigenvalue weighted by molar-refractivity contribution is 0.0594. The van der Waals surface area contributed by atoms with Gasteiger partial charge in [-0.15, -0.1) is 0 Å². The largest absolute Gasteiger partial charge is 0.464 e. The predicted octanol–water partition coefficient (Wildman–Crippen LogP) is 3.44. The summed E-state index contributed by atoms with van der Waals surface area (Å²) in [5.74, 6) is -0.461. The van der Waals surface area contributed by atoms with Gasteiger partial charge in [0.25, 0.3) is 0 Å². The summed E-state index contributed by atoms with van der Waals surface area (Å²) in [6, 6.07) is 7.05. The molecule has 0 radical (unpaired) electrons. The number of hydrogen-bond acceptors (Lipinski definition) is 3. The zero-order valence-corrected chi connectivity index (χ0v) is 10.7. The summed E-state index contributed by atoms with van der Waals surface area (Å²) >= 11 is 9.18. The van der Waals surface area contributed by atoms with Crippen LogP contribution >= 0.6 is 27.5 Å². The van der Waals surface area contributed by atoms with Crippen molar-refractivity contribution in [2.45, 2.75) is 0 Å². The summed E-state index contributed by atoms with van der Waals surface area (Å²) in [6.45, 7) is 0. The van der Waals surface area contributed by atoms with E-state index >= 15 is 0 Å². The van der Waals surface area contributed by atoms with Crippen molar-refractivity contribution in [3.05, 3.63) is 39.6 Å². The Bertz CT molecular complexity index is 571. The molecule has 0 spiro atoms. The van der Waals surface area contributed by atoms with Gasteiger partial charge < -0.3 is 4.74 Å². The van der Waals surface area contributed by atoms with Gasteiger partial charge in [0.2, 0.25) is 0 Å². The van der Waals surface area contributed by atoms with E-state index in [1.165, 1.54) is 7.11 Å². The van der Waals surface area contributed by atoms with Crippen molar-refractivity contribution in [3.63, 3.8) is 0 Å². The van der Waals surface area contributed by atoms with E-state index in [9.17, 15) is 4.79 Å². The molecule has 5 heteroatoms. The number of ether oxygens (including phenoxy) is 1. The van der Waals surface area contributed by atoms with Gasteiger partial charge in [-0.3, -0.25) is 0 Å². The van der Waals surface area contributed by atoms with Crippen LogP contribution in [0.3, 0.4) is 0 Å². The number of methoxy groups -OCH3 is 1. The second-order valence-corrected chi connectivity index (χ2v) is 4.34. The van der Waals surface area contributed by atoms with Crippen LogP contribution in [0.2, 0.25) is 5.02 Å². The topological polar surface area (TPSA) is 39.2 Å². The number of halogens is 2. The van der Waals surface area contributed by atoms with Gasteiger partial charge in [0.05, 0.1) is 7.11 Å². The van der Waals surface area contributed by atoms with Gasteiger partial charge in [0, 0.05) is 10.4 Å². The molecule has 2 rings (SSSR count). The number of nitrogens with zero attached hydrogens (tertiary/aromatic N) is 1. The SMILES string of the molecule is COC(=O)c1cc2ccc(Cl)cc2c(Br)n1. The quantitative estimate of drug-likeness (QED) is 0.598. The molecule has 0 amide bonds. The molecule has 82 valence electrons. The molecule has 0 atom stereocenters. The molecule has 0 aliphatic rings. The van der Waals surface area contributed by atoms with Crippen molar-refractivity contribution in [3.8, 4) is 0 Å². The van der Waals surface area contributed by atoms with Gasteiger partial charge in [-0.1, -0.05) is 17.7 Å². The van der Waals surface area contributed by atoms with Crippen molar-refractivity contribution in [2.75, 3.05) is 7.11 Å². The number of pyridine rings is 1. The Labute approximate surface area is 106 Å². The lowest BCUT2D eigenvalue weighted by atomic mass is 10.1. The minimum Gasteiger partial charge on any atom is -0.464 e. The molecule has 0 aliphatic heterocycles. The van der Waals surface area contributed by atoms with E-state index in [0.717, 1.165) is 10.8 Å². The molecule has 2 aromatic rings. The van der Waals surface area contributed by atoms with E-state index in [1.54, 1.807) is 18.2 Å². The van der Waals surface area contributed by atoms with Gasteiger partial charge >= 0.3 is 5.97 Å². The van der Waals surface area contributed by atoms with E-state index in [2.05, 4.69) is 25.7 Å². The number of hydrogen-bond donors (Lipinski definition) is 0. The maximum absolute atomic E-state index is 11.3. The van der Waals surface area contributed by atoms with Crippen LogP contribution in [0, 0.1) is 0 Å². The highest BCUT2D eigenvalue weighted by Crippen LogP contribution is 2.26. The van der Waals surface area contributed by atoms with E-state index in [0.29, 0.717) is 9.63 Å². The van der Waals surface area contributed by atoms with Crippen LogP contribution in [-0.2, 0) is 4.74 Å². The van der Waals surface area contributed by atoms with E-state index in [4.69, 9.17) is 11.6 Å². The molecule has 3 nitrogen and oxygen atoms in total. The van der Waals surface area contributed by atoms with Crippen molar-refractivity contribution >= 4 is 44.3 Å². The van der Waals surface area contributed by atoms with Gasteiger partial charge in [0.1, 0.15) is 10.3 Å². The fourth-order valence-corrected chi connectivity index (χ4v) is 2.09. The van der Waals surface area contributed by atoms with Crippen LogP contribution in [0.15, 0.2) is 28.9 Å². The first kappa shape index (κ1) is 11.4. The van der Waals surface area contributed by atoms with Crippen molar-refractivity contribution in [1.82, 2.24) is 4.98 Å².